The number of aromatic nitrogens is 1. The quantitative estimate of drug-likeness (QED) is 0.263. The van der Waals surface area contributed by atoms with E-state index in [4.69, 9.17) is 23.2 Å². The molecule has 43 heavy (non-hydrogen) atoms. The van der Waals surface area contributed by atoms with Gasteiger partial charge in [0.15, 0.2) is 0 Å². The van der Waals surface area contributed by atoms with Gasteiger partial charge in [-0.05, 0) is 59.9 Å². The van der Waals surface area contributed by atoms with Gasteiger partial charge in [0.2, 0.25) is 0 Å². The minimum absolute atomic E-state index is 0.0187. The Morgan fingerprint density at radius 1 is 1.12 bits per heavy atom. The first-order valence-electron chi connectivity index (χ1n) is 15.1. The predicted molar refractivity (Wildman–Crippen MR) is 176 cm³/mol. The van der Waals surface area contributed by atoms with Crippen molar-refractivity contribution < 1.29 is 0 Å². The van der Waals surface area contributed by atoms with Gasteiger partial charge in [-0.3, -0.25) is 14.9 Å². The van der Waals surface area contributed by atoms with Crippen molar-refractivity contribution in [3.05, 3.63) is 75.7 Å². The third-order valence-corrected chi connectivity index (χ3v) is 9.88. The second-order valence-corrected chi connectivity index (χ2v) is 14.7. The molecule has 3 atom stereocenters. The number of hydrogen-bond donors (Lipinski definition) is 4. The lowest BCUT2D eigenvalue weighted by Crippen LogP contribution is -2.46. The monoisotopic (exact) mass is 614 g/mol. The molecule has 2 aliphatic carbocycles. The maximum atomic E-state index is 9.91. The smallest absolute Gasteiger partial charge is 0.148 e. The third-order valence-electron chi connectivity index (χ3n) is 9.34. The topological polar surface area (TPSA) is 91.3 Å². The zero-order valence-corrected chi connectivity index (χ0v) is 26.5. The van der Waals surface area contributed by atoms with Gasteiger partial charge in [-0.25, -0.2) is 0 Å². The van der Waals surface area contributed by atoms with Crippen molar-refractivity contribution in [1.29, 1.82) is 5.26 Å². The summed E-state index contributed by atoms with van der Waals surface area (Å²) >= 11 is 13.2. The first kappa shape index (κ1) is 28.6. The van der Waals surface area contributed by atoms with E-state index in [0.717, 1.165) is 34.1 Å². The Bertz CT molecular complexity index is 1630. The highest BCUT2D eigenvalue weighted by atomic mass is 35.5. The molecule has 222 valence electrons. The summed E-state index contributed by atoms with van der Waals surface area (Å²) in [6.45, 7) is 9.57. The average Bonchev–Trinajstić information content (AvgIpc) is 3.82. The number of hydrazine groups is 2. The summed E-state index contributed by atoms with van der Waals surface area (Å²) in [5.41, 5.74) is 11.0. The van der Waals surface area contributed by atoms with E-state index in [9.17, 15) is 5.26 Å². The molecule has 7 rings (SSSR count). The average molecular weight is 615 g/mol. The van der Waals surface area contributed by atoms with Gasteiger partial charge in [0.25, 0.3) is 0 Å². The zero-order chi connectivity index (χ0) is 30.1. The van der Waals surface area contributed by atoms with Crippen LogP contribution in [-0.4, -0.2) is 54.5 Å². The molecule has 1 saturated heterocycles. The lowest BCUT2D eigenvalue weighted by Gasteiger charge is -2.34. The van der Waals surface area contributed by atoms with E-state index in [1.165, 1.54) is 25.9 Å². The summed E-state index contributed by atoms with van der Waals surface area (Å²) < 4.78 is 0. The molecule has 2 saturated carbocycles. The fourth-order valence-corrected chi connectivity index (χ4v) is 7.14. The molecule has 0 amide bonds. The van der Waals surface area contributed by atoms with Crippen molar-refractivity contribution in [2.24, 2.45) is 17.3 Å². The Morgan fingerprint density at radius 3 is 2.49 bits per heavy atom. The van der Waals surface area contributed by atoms with Crippen LogP contribution in [0.3, 0.4) is 0 Å². The number of anilines is 2. The molecule has 1 aromatic heterocycles. The third kappa shape index (κ3) is 5.40. The maximum Gasteiger partial charge on any atom is 0.148 e. The molecule has 3 heterocycles. The fraction of sp³-hybridized carbons (Fsp3) is 0.438. The highest BCUT2D eigenvalue weighted by Crippen LogP contribution is 2.51. The lowest BCUT2D eigenvalue weighted by molar-refractivity contribution is 0.194. The van der Waals surface area contributed by atoms with Crippen LogP contribution in [0.5, 0.6) is 0 Å². The van der Waals surface area contributed by atoms with Crippen molar-refractivity contribution in [2.45, 2.75) is 51.1 Å². The number of fused-ring (bicyclic) bond motifs is 2. The summed E-state index contributed by atoms with van der Waals surface area (Å²) in [7, 11) is 2.16. The Balaban J connectivity index is 1.23. The number of pyridine rings is 1. The SMILES string of the molecule is BC(Nc1cc(Cl)c2ncc(C#N)c(NCC(C)(C)C)c2c1)(C1=CN(C2C3CN(C4CC4)CC32)NN1)c1ccc(Cl)cc1. The van der Waals surface area contributed by atoms with E-state index in [0.29, 0.717) is 45.5 Å². The van der Waals surface area contributed by atoms with Crippen molar-refractivity contribution in [2.75, 3.05) is 30.3 Å². The van der Waals surface area contributed by atoms with Gasteiger partial charge >= 0.3 is 0 Å². The van der Waals surface area contributed by atoms with E-state index < -0.39 is 5.44 Å². The van der Waals surface area contributed by atoms with Crippen LogP contribution in [0.1, 0.15) is 44.7 Å². The number of benzene rings is 2. The molecule has 3 aromatic rings. The Morgan fingerprint density at radius 2 is 1.84 bits per heavy atom. The number of nitriles is 1. The molecule has 0 radical (unpaired) electrons. The summed E-state index contributed by atoms with van der Waals surface area (Å²) in [6, 6.07) is 15.5. The zero-order valence-electron chi connectivity index (χ0n) is 25.0. The molecular formula is C32H37BCl2N8. The van der Waals surface area contributed by atoms with Gasteiger partial charge < -0.3 is 16.1 Å². The van der Waals surface area contributed by atoms with Gasteiger partial charge in [0.05, 0.1) is 39.0 Å². The second-order valence-electron chi connectivity index (χ2n) is 13.9. The number of likely N-dealkylation sites (tertiary alicyclic amines) is 1. The number of piperidine rings is 1. The van der Waals surface area contributed by atoms with Gasteiger partial charge in [-0.1, -0.05) is 56.1 Å². The largest absolute Gasteiger partial charge is 0.383 e. The molecule has 3 unspecified atom stereocenters. The van der Waals surface area contributed by atoms with Gasteiger partial charge in [0.1, 0.15) is 13.9 Å². The summed E-state index contributed by atoms with van der Waals surface area (Å²) in [6.07, 6.45) is 6.53. The first-order chi connectivity index (χ1) is 20.5. The summed E-state index contributed by atoms with van der Waals surface area (Å²) in [5.74, 6) is 1.42. The minimum Gasteiger partial charge on any atom is -0.383 e. The van der Waals surface area contributed by atoms with Crippen molar-refractivity contribution >= 4 is 53.3 Å². The van der Waals surface area contributed by atoms with E-state index in [-0.39, 0.29) is 5.41 Å². The van der Waals surface area contributed by atoms with E-state index in [2.05, 4.69) is 77.4 Å². The number of nitrogens with zero attached hydrogens (tertiary/aromatic N) is 4. The predicted octanol–water partition coefficient (Wildman–Crippen LogP) is 5.03. The van der Waals surface area contributed by atoms with Gasteiger partial charge in [-0.15, -0.1) is 5.53 Å². The number of hydrogen-bond acceptors (Lipinski definition) is 8. The molecule has 0 spiro atoms. The van der Waals surface area contributed by atoms with Crippen LogP contribution in [0.25, 0.3) is 10.9 Å². The van der Waals surface area contributed by atoms with Crippen LogP contribution in [0, 0.1) is 28.6 Å². The van der Waals surface area contributed by atoms with E-state index in [1.807, 2.05) is 36.4 Å². The Labute approximate surface area is 264 Å². The van der Waals surface area contributed by atoms with Crippen LogP contribution >= 0.6 is 23.2 Å². The highest BCUT2D eigenvalue weighted by Gasteiger charge is 2.60. The van der Waals surface area contributed by atoms with Crippen molar-refractivity contribution in [3.8, 4) is 6.07 Å². The van der Waals surface area contributed by atoms with Crippen LogP contribution in [-0.2, 0) is 5.44 Å². The van der Waals surface area contributed by atoms with Crippen LogP contribution in [0.2, 0.25) is 10.0 Å². The lowest BCUT2D eigenvalue weighted by atomic mass is 9.69. The maximum absolute atomic E-state index is 9.91. The normalized spacial score (nSPS) is 24.6. The molecule has 2 aliphatic heterocycles. The second kappa shape index (κ2) is 10.5. The molecular weight excluding hydrogens is 578 g/mol. The number of nitrogens with one attached hydrogen (secondary N) is 4. The van der Waals surface area contributed by atoms with Crippen molar-refractivity contribution in [1.82, 2.24) is 25.9 Å². The van der Waals surface area contributed by atoms with Crippen LogP contribution < -0.4 is 21.6 Å². The van der Waals surface area contributed by atoms with Crippen molar-refractivity contribution in [3.63, 3.8) is 0 Å². The standard InChI is InChI=1S/C32H37BCl2N8/c1-31(2,3)17-38-28-18(12-36)13-37-29-23(28)10-21(11-26(29)35)39-32(33,19-4-6-20(34)7-5-19)27-16-43(41-40-27)30-24-14-42(15-25(24)30)22-8-9-22/h4-7,10-11,13,16,22,24-25,30,39-41H,8-9,14-15,17,33H2,1-3H3,(H,37,38). The van der Waals surface area contributed by atoms with Gasteiger partial charge in [0, 0.05) is 54.2 Å². The summed E-state index contributed by atoms with van der Waals surface area (Å²) in [4.78, 5) is 7.22. The van der Waals surface area contributed by atoms with E-state index in [1.54, 1.807) is 6.20 Å². The minimum atomic E-state index is -0.660. The molecule has 8 nitrogen and oxygen atoms in total. The fourth-order valence-electron chi connectivity index (χ4n) is 6.75. The number of halogens is 2. The molecule has 0 bridgehead atoms. The number of rotatable bonds is 8. The van der Waals surface area contributed by atoms with Crippen LogP contribution in [0.15, 0.2) is 54.5 Å². The molecule has 4 N–H and O–H groups in total. The van der Waals surface area contributed by atoms with Gasteiger partial charge in [-0.2, -0.15) is 5.26 Å². The van der Waals surface area contributed by atoms with E-state index >= 15 is 0 Å². The summed E-state index contributed by atoms with van der Waals surface area (Å²) in [5, 5.41) is 21.5. The molecule has 2 aromatic carbocycles. The first-order valence-corrected chi connectivity index (χ1v) is 15.9. The highest BCUT2D eigenvalue weighted by molar-refractivity contribution is 6.36. The molecule has 11 heteroatoms. The Hall–Kier alpha value is -3.16. The Kier molecular flexibility index (Phi) is 6.97. The van der Waals surface area contributed by atoms with Crippen LogP contribution in [0.4, 0.5) is 11.4 Å². The molecule has 4 aliphatic rings. The molecule has 3 fully saturated rings.